The van der Waals surface area contributed by atoms with Crippen molar-refractivity contribution in [2.75, 3.05) is 17.1 Å². The normalized spacial score (nSPS) is 12.7. The third-order valence-corrected chi connectivity index (χ3v) is 6.53. The molecule has 186 valence electrons. The Morgan fingerprint density at radius 1 is 1.03 bits per heavy atom. The van der Waals surface area contributed by atoms with Crippen LogP contribution in [0.15, 0.2) is 42.5 Å². The molecule has 0 aliphatic heterocycles. The molecule has 0 fully saturated rings. The number of amides is 2. The number of carbonyl (C=O) groups is 2. The van der Waals surface area contributed by atoms with Crippen molar-refractivity contribution in [3.8, 4) is 0 Å². The number of hydrogen-bond acceptors (Lipinski definition) is 4. The Labute approximate surface area is 202 Å². The second-order valence-corrected chi connectivity index (χ2v) is 11.5. The molecule has 34 heavy (non-hydrogen) atoms. The number of sulfonamides is 1. The lowest BCUT2D eigenvalue weighted by molar-refractivity contribution is -0.140. The Morgan fingerprint density at radius 2 is 1.62 bits per heavy atom. The predicted octanol–water partition coefficient (Wildman–Crippen LogP) is 3.54. The van der Waals surface area contributed by atoms with E-state index in [4.69, 9.17) is 0 Å². The molecule has 0 radical (unpaired) electrons. The van der Waals surface area contributed by atoms with Gasteiger partial charge in [0.15, 0.2) is 0 Å². The van der Waals surface area contributed by atoms with Crippen molar-refractivity contribution in [2.24, 2.45) is 0 Å². The Kier molecular flexibility index (Phi) is 8.47. The van der Waals surface area contributed by atoms with Gasteiger partial charge in [-0.3, -0.25) is 13.9 Å². The monoisotopic (exact) mass is 491 g/mol. The van der Waals surface area contributed by atoms with Gasteiger partial charge in [-0.1, -0.05) is 18.2 Å². The summed E-state index contributed by atoms with van der Waals surface area (Å²) in [5.41, 5.74) is 2.34. The van der Waals surface area contributed by atoms with Crippen LogP contribution in [0.25, 0.3) is 0 Å². The van der Waals surface area contributed by atoms with E-state index in [1.807, 2.05) is 34.6 Å². The van der Waals surface area contributed by atoms with Gasteiger partial charge in [0.2, 0.25) is 21.8 Å². The van der Waals surface area contributed by atoms with Crippen molar-refractivity contribution in [3.63, 3.8) is 0 Å². The van der Waals surface area contributed by atoms with Crippen LogP contribution >= 0.6 is 0 Å². The Morgan fingerprint density at radius 3 is 2.12 bits per heavy atom. The van der Waals surface area contributed by atoms with Crippen LogP contribution in [0.4, 0.5) is 10.1 Å². The predicted molar refractivity (Wildman–Crippen MR) is 132 cm³/mol. The van der Waals surface area contributed by atoms with Gasteiger partial charge in [0.1, 0.15) is 18.4 Å². The minimum Gasteiger partial charge on any atom is -0.350 e. The second kappa shape index (κ2) is 10.5. The number of rotatable bonds is 8. The first-order chi connectivity index (χ1) is 15.6. The molecule has 0 saturated heterocycles. The topological polar surface area (TPSA) is 86.8 Å². The van der Waals surface area contributed by atoms with Gasteiger partial charge in [0.25, 0.3) is 0 Å². The lowest BCUT2D eigenvalue weighted by Crippen LogP contribution is -2.54. The number of benzene rings is 2. The number of aryl methyl sites for hydroxylation is 2. The molecule has 1 atom stereocenters. The van der Waals surface area contributed by atoms with E-state index in [9.17, 15) is 22.4 Å². The first-order valence-corrected chi connectivity index (χ1v) is 12.8. The van der Waals surface area contributed by atoms with E-state index >= 15 is 0 Å². The molecular formula is C25H34FN3O4S. The van der Waals surface area contributed by atoms with Crippen molar-refractivity contribution < 1.29 is 22.4 Å². The number of nitrogens with one attached hydrogen (secondary N) is 1. The van der Waals surface area contributed by atoms with E-state index in [2.05, 4.69) is 5.32 Å². The van der Waals surface area contributed by atoms with E-state index in [1.165, 1.54) is 29.2 Å². The molecule has 2 aromatic rings. The third kappa shape index (κ3) is 7.55. The summed E-state index contributed by atoms with van der Waals surface area (Å²) in [4.78, 5) is 27.7. The zero-order valence-corrected chi connectivity index (χ0v) is 21.7. The fraction of sp³-hybridized carbons (Fsp3) is 0.440. The van der Waals surface area contributed by atoms with Gasteiger partial charge in [0.05, 0.1) is 11.9 Å². The van der Waals surface area contributed by atoms with Gasteiger partial charge < -0.3 is 10.2 Å². The van der Waals surface area contributed by atoms with Crippen LogP contribution in [0, 0.1) is 19.7 Å². The zero-order chi connectivity index (χ0) is 25.8. The van der Waals surface area contributed by atoms with Crippen LogP contribution in [0.1, 0.15) is 44.4 Å². The molecule has 2 rings (SSSR count). The number of anilines is 1. The van der Waals surface area contributed by atoms with Gasteiger partial charge in [-0.05, 0) is 82.5 Å². The molecule has 0 aromatic heterocycles. The van der Waals surface area contributed by atoms with Crippen LogP contribution in [-0.2, 0) is 26.2 Å². The summed E-state index contributed by atoms with van der Waals surface area (Å²) < 4.78 is 39.6. The number of nitrogens with zero attached hydrogens (tertiary/aromatic N) is 2. The highest BCUT2D eigenvalue weighted by atomic mass is 32.2. The van der Waals surface area contributed by atoms with E-state index in [0.717, 1.165) is 21.7 Å². The Bertz CT molecular complexity index is 1140. The van der Waals surface area contributed by atoms with Crippen molar-refractivity contribution in [3.05, 3.63) is 65.0 Å². The first kappa shape index (κ1) is 27.3. The summed E-state index contributed by atoms with van der Waals surface area (Å²) in [5.74, 6) is -1.34. The maximum atomic E-state index is 13.5. The Hall–Kier alpha value is -2.94. The molecule has 0 aliphatic carbocycles. The van der Waals surface area contributed by atoms with E-state index in [0.29, 0.717) is 11.3 Å². The summed E-state index contributed by atoms with van der Waals surface area (Å²) in [6.07, 6.45) is 1.04. The summed E-state index contributed by atoms with van der Waals surface area (Å²) in [7, 11) is -3.79. The molecule has 9 heteroatoms. The molecule has 0 aliphatic rings. The van der Waals surface area contributed by atoms with Gasteiger partial charge in [0, 0.05) is 12.1 Å². The zero-order valence-electron chi connectivity index (χ0n) is 20.8. The van der Waals surface area contributed by atoms with Gasteiger partial charge in [-0.25, -0.2) is 12.8 Å². The maximum absolute atomic E-state index is 13.5. The van der Waals surface area contributed by atoms with Gasteiger partial charge >= 0.3 is 0 Å². The summed E-state index contributed by atoms with van der Waals surface area (Å²) in [6.45, 7) is 10.4. The Balaban J connectivity index is 2.41. The maximum Gasteiger partial charge on any atom is 0.244 e. The smallest absolute Gasteiger partial charge is 0.244 e. The van der Waals surface area contributed by atoms with Crippen LogP contribution in [0.5, 0.6) is 0 Å². The summed E-state index contributed by atoms with van der Waals surface area (Å²) >= 11 is 0. The molecule has 2 aromatic carbocycles. The largest absolute Gasteiger partial charge is 0.350 e. The van der Waals surface area contributed by atoms with Gasteiger partial charge in [-0.2, -0.15) is 0 Å². The van der Waals surface area contributed by atoms with E-state index in [-0.39, 0.29) is 12.5 Å². The number of halogens is 1. The highest BCUT2D eigenvalue weighted by Gasteiger charge is 2.31. The minimum atomic E-state index is -3.79. The molecule has 1 N–H and O–H groups in total. The SMILES string of the molecule is Cc1ccc(N(CC(=O)N(Cc2ccc(F)cc2)[C@H](C)C(=O)NC(C)(C)C)S(C)(=O)=O)cc1C. The van der Waals surface area contributed by atoms with Crippen molar-refractivity contribution >= 4 is 27.5 Å². The highest BCUT2D eigenvalue weighted by molar-refractivity contribution is 7.92. The number of hydrogen-bond donors (Lipinski definition) is 1. The molecule has 7 nitrogen and oxygen atoms in total. The molecule has 2 amide bonds. The highest BCUT2D eigenvalue weighted by Crippen LogP contribution is 2.22. The van der Waals surface area contributed by atoms with E-state index in [1.54, 1.807) is 25.1 Å². The molecule has 0 spiro atoms. The summed E-state index contributed by atoms with van der Waals surface area (Å²) in [6, 6.07) is 9.87. The van der Waals surface area contributed by atoms with Crippen LogP contribution in [0.3, 0.4) is 0 Å². The summed E-state index contributed by atoms with van der Waals surface area (Å²) in [5, 5.41) is 2.85. The average Bonchev–Trinajstić information content (AvgIpc) is 2.71. The fourth-order valence-electron chi connectivity index (χ4n) is 3.34. The van der Waals surface area contributed by atoms with E-state index < -0.39 is 39.9 Å². The molecule has 0 saturated carbocycles. The average molecular weight is 492 g/mol. The van der Waals surface area contributed by atoms with Crippen molar-refractivity contribution in [1.82, 2.24) is 10.2 Å². The minimum absolute atomic E-state index is 0.0162. The molecule has 0 heterocycles. The fourth-order valence-corrected chi connectivity index (χ4v) is 4.18. The standard InChI is InChI=1S/C25H34FN3O4S/c1-17-8-13-22(14-18(17)2)29(34(7,32)33)16-23(30)28(15-20-9-11-21(26)12-10-20)19(3)24(31)27-25(4,5)6/h8-14,19H,15-16H2,1-7H3,(H,27,31)/t19-/m1/s1. The molecular weight excluding hydrogens is 457 g/mol. The first-order valence-electron chi connectivity index (χ1n) is 11.0. The lowest BCUT2D eigenvalue weighted by Gasteiger charge is -2.33. The molecule has 0 bridgehead atoms. The quantitative estimate of drug-likeness (QED) is 0.612. The van der Waals surface area contributed by atoms with Crippen LogP contribution in [0.2, 0.25) is 0 Å². The molecule has 0 unspecified atom stereocenters. The van der Waals surface area contributed by atoms with Gasteiger partial charge in [-0.15, -0.1) is 0 Å². The second-order valence-electron chi connectivity index (χ2n) is 9.60. The van der Waals surface area contributed by atoms with Crippen molar-refractivity contribution in [1.29, 1.82) is 0 Å². The number of carbonyl (C=O) groups excluding carboxylic acids is 2. The third-order valence-electron chi connectivity index (χ3n) is 5.39. The lowest BCUT2D eigenvalue weighted by atomic mass is 10.1. The van der Waals surface area contributed by atoms with Crippen LogP contribution in [-0.4, -0.2) is 49.5 Å². The van der Waals surface area contributed by atoms with Crippen LogP contribution < -0.4 is 9.62 Å². The van der Waals surface area contributed by atoms with Crippen molar-refractivity contribution in [2.45, 2.75) is 59.7 Å².